The van der Waals surface area contributed by atoms with E-state index in [0.717, 1.165) is 12.3 Å². The summed E-state index contributed by atoms with van der Waals surface area (Å²) in [6.45, 7) is 2.80. The fourth-order valence-electron chi connectivity index (χ4n) is 2.85. The summed E-state index contributed by atoms with van der Waals surface area (Å²) in [5.41, 5.74) is -0.540. The first kappa shape index (κ1) is 16.0. The van der Waals surface area contributed by atoms with Crippen LogP contribution in [0.15, 0.2) is 18.3 Å². The van der Waals surface area contributed by atoms with E-state index in [4.69, 9.17) is 0 Å². The van der Waals surface area contributed by atoms with Gasteiger partial charge in [-0.15, -0.1) is 5.10 Å². The fourth-order valence-corrected chi connectivity index (χ4v) is 2.85. The molecule has 1 saturated heterocycles. The normalized spacial score (nSPS) is 18.0. The van der Waals surface area contributed by atoms with E-state index in [1.54, 1.807) is 9.58 Å². The summed E-state index contributed by atoms with van der Waals surface area (Å²) >= 11 is 0. The molecule has 0 spiro atoms. The highest BCUT2D eigenvalue weighted by Crippen LogP contribution is 2.29. The minimum absolute atomic E-state index is 0.0190. The molecule has 0 bridgehead atoms. The van der Waals surface area contributed by atoms with Crippen molar-refractivity contribution in [3.05, 3.63) is 29.7 Å². The molecule has 2 aliphatic heterocycles. The first-order valence-electron chi connectivity index (χ1n) is 7.88. The van der Waals surface area contributed by atoms with Gasteiger partial charge in [0.2, 0.25) is 5.91 Å². The Kier molecular flexibility index (Phi) is 3.71. The third-order valence-corrected chi connectivity index (χ3v) is 4.42. The molecule has 0 unspecified atom stereocenters. The van der Waals surface area contributed by atoms with E-state index in [0.29, 0.717) is 38.5 Å². The zero-order valence-corrected chi connectivity index (χ0v) is 13.1. The average molecular weight is 352 g/mol. The van der Waals surface area contributed by atoms with Crippen molar-refractivity contribution < 1.29 is 18.0 Å². The van der Waals surface area contributed by atoms with Gasteiger partial charge in [-0.3, -0.25) is 9.78 Å². The monoisotopic (exact) mass is 352 g/mol. The lowest BCUT2D eigenvalue weighted by Gasteiger charge is -2.34. The first-order valence-corrected chi connectivity index (χ1v) is 7.88. The van der Waals surface area contributed by atoms with Crippen molar-refractivity contribution in [2.75, 3.05) is 19.6 Å². The van der Waals surface area contributed by atoms with Crippen LogP contribution in [0.3, 0.4) is 0 Å². The van der Waals surface area contributed by atoms with E-state index in [1.807, 2.05) is 0 Å². The second-order valence-corrected chi connectivity index (χ2v) is 6.12. The number of amides is 1. The number of hydrogen-bond acceptors (Lipinski definition) is 5. The van der Waals surface area contributed by atoms with Crippen LogP contribution in [0.25, 0.3) is 11.5 Å². The van der Waals surface area contributed by atoms with Gasteiger partial charge in [0.05, 0.1) is 24.6 Å². The van der Waals surface area contributed by atoms with Crippen LogP contribution < -0.4 is 5.32 Å². The Morgan fingerprint density at radius 2 is 2.04 bits per heavy atom. The Balaban J connectivity index is 1.53. The average Bonchev–Trinajstić information content (AvgIpc) is 2.95. The van der Waals surface area contributed by atoms with Gasteiger partial charge in [0.1, 0.15) is 11.5 Å². The molecular formula is C15H15F3N6O. The molecule has 10 heteroatoms. The lowest BCUT2D eigenvalue weighted by Crippen LogP contribution is -2.53. The number of carbonyl (C=O) groups is 1. The lowest BCUT2D eigenvalue weighted by molar-refractivity contribution is -0.139. The summed E-state index contributed by atoms with van der Waals surface area (Å²) in [5, 5.41) is 7.37. The Morgan fingerprint density at radius 1 is 1.24 bits per heavy atom. The summed E-state index contributed by atoms with van der Waals surface area (Å²) < 4.78 is 39.5. The highest BCUT2D eigenvalue weighted by molar-refractivity contribution is 5.80. The van der Waals surface area contributed by atoms with Crippen LogP contribution in [0.4, 0.5) is 13.2 Å². The highest BCUT2D eigenvalue weighted by Gasteiger charge is 2.33. The summed E-state index contributed by atoms with van der Waals surface area (Å²) in [6, 6.07) is 2.22. The maximum Gasteiger partial charge on any atom is 0.417 e. The van der Waals surface area contributed by atoms with Gasteiger partial charge in [0.25, 0.3) is 0 Å². The highest BCUT2D eigenvalue weighted by atomic mass is 19.4. The second-order valence-electron chi connectivity index (χ2n) is 6.12. The topological polar surface area (TPSA) is 75.9 Å². The number of alkyl halides is 3. The van der Waals surface area contributed by atoms with Gasteiger partial charge in [-0.05, 0) is 12.1 Å². The summed E-state index contributed by atoms with van der Waals surface area (Å²) in [6.07, 6.45) is -3.65. The molecule has 25 heavy (non-hydrogen) atoms. The predicted octanol–water partition coefficient (Wildman–Crippen LogP) is 0.921. The van der Waals surface area contributed by atoms with Crippen LogP contribution in [-0.4, -0.2) is 50.2 Å². The molecule has 0 radical (unpaired) electrons. The van der Waals surface area contributed by atoms with Crippen LogP contribution in [0.5, 0.6) is 0 Å². The molecule has 2 aromatic rings. The number of nitrogens with zero attached hydrogens (tertiary/aromatic N) is 5. The van der Waals surface area contributed by atoms with Crippen molar-refractivity contribution in [3.63, 3.8) is 0 Å². The molecule has 132 valence electrons. The molecule has 1 N–H and O–H groups in total. The third-order valence-electron chi connectivity index (χ3n) is 4.42. The van der Waals surface area contributed by atoms with Crippen molar-refractivity contribution in [1.82, 2.24) is 30.0 Å². The van der Waals surface area contributed by atoms with Crippen LogP contribution in [0, 0.1) is 5.92 Å². The standard InChI is InChI=1S/C15H15F3N6O/c16-15(17,18)10-1-2-11(20-7-10)13-21-12-8-23(3-4-24(12)22-13)14(25)9-5-19-6-9/h1-2,7,9,19H,3-6,8H2. The van der Waals surface area contributed by atoms with Gasteiger partial charge in [-0.1, -0.05) is 0 Å². The minimum Gasteiger partial charge on any atom is -0.333 e. The van der Waals surface area contributed by atoms with Crippen LogP contribution in [0.2, 0.25) is 0 Å². The van der Waals surface area contributed by atoms with Gasteiger partial charge in [-0.2, -0.15) is 13.2 Å². The molecule has 1 fully saturated rings. The van der Waals surface area contributed by atoms with E-state index < -0.39 is 11.7 Å². The molecule has 2 aliphatic rings. The molecule has 4 heterocycles. The number of carbonyl (C=O) groups excluding carboxylic acids is 1. The maximum atomic E-state index is 12.6. The van der Waals surface area contributed by atoms with Crippen molar-refractivity contribution in [3.8, 4) is 11.5 Å². The number of rotatable bonds is 2. The number of halogens is 3. The van der Waals surface area contributed by atoms with Crippen LogP contribution in [0.1, 0.15) is 11.4 Å². The Bertz CT molecular complexity index is 797. The largest absolute Gasteiger partial charge is 0.417 e. The molecule has 0 saturated carbocycles. The van der Waals surface area contributed by atoms with Crippen molar-refractivity contribution >= 4 is 5.91 Å². The summed E-state index contributed by atoms with van der Waals surface area (Å²) in [5.74, 6) is 1.000. The molecule has 0 atom stereocenters. The van der Waals surface area contributed by atoms with Gasteiger partial charge >= 0.3 is 6.18 Å². The lowest BCUT2D eigenvalue weighted by atomic mass is 10.0. The molecule has 0 aliphatic carbocycles. The van der Waals surface area contributed by atoms with Gasteiger partial charge < -0.3 is 10.2 Å². The maximum absolute atomic E-state index is 12.6. The van der Waals surface area contributed by atoms with E-state index in [9.17, 15) is 18.0 Å². The zero-order valence-electron chi connectivity index (χ0n) is 13.1. The predicted molar refractivity (Wildman–Crippen MR) is 80.0 cm³/mol. The van der Waals surface area contributed by atoms with Crippen LogP contribution in [-0.2, 0) is 24.1 Å². The number of aromatic nitrogens is 4. The molecule has 1 amide bonds. The SMILES string of the molecule is O=C(C1CNC1)N1CCn2nc(-c3ccc(C(F)(F)F)cn3)nc2C1. The zero-order chi connectivity index (χ0) is 17.6. The Hall–Kier alpha value is -2.49. The van der Waals surface area contributed by atoms with E-state index in [-0.39, 0.29) is 23.3 Å². The first-order chi connectivity index (χ1) is 11.9. The fraction of sp³-hybridized carbons (Fsp3) is 0.467. The Labute approximate surface area is 140 Å². The van der Waals surface area contributed by atoms with Crippen molar-refractivity contribution in [2.45, 2.75) is 19.3 Å². The second kappa shape index (κ2) is 5.80. The van der Waals surface area contributed by atoms with E-state index in [1.165, 1.54) is 6.07 Å². The number of nitrogens with one attached hydrogen (secondary N) is 1. The quantitative estimate of drug-likeness (QED) is 0.870. The summed E-state index contributed by atoms with van der Waals surface area (Å²) in [7, 11) is 0. The van der Waals surface area contributed by atoms with E-state index in [2.05, 4.69) is 20.4 Å². The molecular weight excluding hydrogens is 337 g/mol. The number of fused-ring (bicyclic) bond motifs is 1. The molecule has 4 rings (SSSR count). The van der Waals surface area contributed by atoms with E-state index >= 15 is 0 Å². The Morgan fingerprint density at radius 3 is 2.64 bits per heavy atom. The minimum atomic E-state index is -4.43. The molecule has 2 aromatic heterocycles. The van der Waals surface area contributed by atoms with Crippen molar-refractivity contribution in [1.29, 1.82) is 0 Å². The molecule has 7 nitrogen and oxygen atoms in total. The van der Waals surface area contributed by atoms with Gasteiger partial charge in [0.15, 0.2) is 5.82 Å². The third kappa shape index (κ3) is 2.97. The number of hydrogen-bond donors (Lipinski definition) is 1. The smallest absolute Gasteiger partial charge is 0.333 e. The van der Waals surface area contributed by atoms with Gasteiger partial charge in [0, 0.05) is 25.8 Å². The van der Waals surface area contributed by atoms with Gasteiger partial charge in [-0.25, -0.2) is 9.67 Å². The molecule has 0 aromatic carbocycles. The summed E-state index contributed by atoms with van der Waals surface area (Å²) in [4.78, 5) is 22.2. The van der Waals surface area contributed by atoms with Crippen molar-refractivity contribution in [2.24, 2.45) is 5.92 Å². The number of pyridine rings is 1. The van der Waals surface area contributed by atoms with Crippen LogP contribution >= 0.6 is 0 Å².